The quantitative estimate of drug-likeness (QED) is 0.387. The minimum atomic E-state index is 0.653. The number of para-hydroxylation sites is 1. The molecule has 0 unspecified atom stereocenters. The Morgan fingerprint density at radius 1 is 0.393 bits per heavy atom. The molecule has 0 spiro atoms. The molecule has 0 saturated heterocycles. The molecule has 4 heteroatoms. The van der Waals surface area contributed by atoms with Gasteiger partial charge in [0.25, 0.3) is 0 Å². The number of hydrogen-bond donors (Lipinski definition) is 1. The first-order valence-corrected chi connectivity index (χ1v) is 8.89. The molecule has 138 valence electrons. The van der Waals surface area contributed by atoms with Crippen molar-refractivity contribution < 1.29 is 14.2 Å². The van der Waals surface area contributed by atoms with E-state index in [1.165, 1.54) is 0 Å². The van der Waals surface area contributed by atoms with Crippen LogP contribution in [0.1, 0.15) is 0 Å². The summed E-state index contributed by atoms with van der Waals surface area (Å²) in [6.07, 6.45) is 0. The van der Waals surface area contributed by atoms with Crippen LogP contribution in [0.4, 0.5) is 5.69 Å². The molecule has 0 aliphatic rings. The maximum absolute atomic E-state index is 5.97. The van der Waals surface area contributed by atoms with Gasteiger partial charge in [-0.1, -0.05) is 36.4 Å². The first kappa shape index (κ1) is 17.5. The second-order valence-corrected chi connectivity index (χ2v) is 6.14. The van der Waals surface area contributed by atoms with E-state index < -0.39 is 0 Å². The fourth-order valence-electron chi connectivity index (χ4n) is 2.68. The van der Waals surface area contributed by atoms with Gasteiger partial charge < -0.3 is 19.9 Å². The number of hydrogen-bond acceptors (Lipinski definition) is 4. The monoisotopic (exact) mass is 369 g/mol. The SMILES string of the molecule is Nc1cccc(Oc2cccc(Oc3cccc(Oc4ccccc4)c3)c2)c1. The fraction of sp³-hybridized carbons (Fsp3) is 0. The van der Waals surface area contributed by atoms with Gasteiger partial charge in [-0.25, -0.2) is 0 Å². The molecule has 0 bridgehead atoms. The predicted molar refractivity (Wildman–Crippen MR) is 110 cm³/mol. The molecule has 0 saturated carbocycles. The first-order valence-electron chi connectivity index (χ1n) is 8.89. The van der Waals surface area contributed by atoms with Gasteiger partial charge in [-0.15, -0.1) is 0 Å². The predicted octanol–water partition coefficient (Wildman–Crippen LogP) is 6.65. The summed E-state index contributed by atoms with van der Waals surface area (Å²) in [5.41, 5.74) is 6.45. The van der Waals surface area contributed by atoms with Crippen LogP contribution < -0.4 is 19.9 Å². The van der Waals surface area contributed by atoms with Crippen LogP contribution in [0.5, 0.6) is 34.5 Å². The highest BCUT2D eigenvalue weighted by molar-refractivity contribution is 5.46. The third-order valence-electron chi connectivity index (χ3n) is 3.92. The molecule has 4 nitrogen and oxygen atoms in total. The highest BCUT2D eigenvalue weighted by atomic mass is 16.5. The smallest absolute Gasteiger partial charge is 0.131 e. The zero-order chi connectivity index (χ0) is 19.2. The molecule has 0 aliphatic carbocycles. The molecule has 4 aromatic rings. The van der Waals surface area contributed by atoms with E-state index in [-0.39, 0.29) is 0 Å². The third-order valence-corrected chi connectivity index (χ3v) is 3.92. The van der Waals surface area contributed by atoms with Gasteiger partial charge in [0.2, 0.25) is 0 Å². The molecule has 2 N–H and O–H groups in total. The molecule has 4 aromatic carbocycles. The van der Waals surface area contributed by atoms with Gasteiger partial charge in [0.1, 0.15) is 34.5 Å². The molecular weight excluding hydrogens is 350 g/mol. The normalized spacial score (nSPS) is 10.3. The van der Waals surface area contributed by atoms with E-state index in [1.807, 2.05) is 97.1 Å². The largest absolute Gasteiger partial charge is 0.457 e. The Hall–Kier alpha value is -3.92. The second-order valence-electron chi connectivity index (χ2n) is 6.14. The molecule has 0 aromatic heterocycles. The summed E-state index contributed by atoms with van der Waals surface area (Å²) < 4.78 is 17.7. The maximum atomic E-state index is 5.97. The summed E-state index contributed by atoms with van der Waals surface area (Å²) in [4.78, 5) is 0. The van der Waals surface area contributed by atoms with E-state index in [9.17, 15) is 0 Å². The highest BCUT2D eigenvalue weighted by Gasteiger charge is 2.04. The third kappa shape index (κ3) is 4.62. The van der Waals surface area contributed by atoms with Gasteiger partial charge in [-0.2, -0.15) is 0 Å². The van der Waals surface area contributed by atoms with Crippen LogP contribution in [0.15, 0.2) is 103 Å². The van der Waals surface area contributed by atoms with Gasteiger partial charge in [-0.05, 0) is 48.5 Å². The van der Waals surface area contributed by atoms with Crippen LogP contribution in [0.2, 0.25) is 0 Å². The lowest BCUT2D eigenvalue weighted by molar-refractivity contribution is 0.451. The van der Waals surface area contributed by atoms with E-state index in [0.29, 0.717) is 34.4 Å². The maximum Gasteiger partial charge on any atom is 0.131 e. The summed E-state index contributed by atoms with van der Waals surface area (Å²) >= 11 is 0. The number of nitrogen functional groups attached to an aromatic ring is 1. The average molecular weight is 369 g/mol. The van der Waals surface area contributed by atoms with Crippen molar-refractivity contribution in [3.05, 3.63) is 103 Å². The number of anilines is 1. The highest BCUT2D eigenvalue weighted by Crippen LogP contribution is 2.31. The van der Waals surface area contributed by atoms with Crippen molar-refractivity contribution >= 4 is 5.69 Å². The van der Waals surface area contributed by atoms with Crippen LogP contribution in [-0.2, 0) is 0 Å². The zero-order valence-corrected chi connectivity index (χ0v) is 15.1. The topological polar surface area (TPSA) is 53.7 Å². The van der Waals surface area contributed by atoms with Crippen LogP contribution >= 0.6 is 0 Å². The van der Waals surface area contributed by atoms with Crippen LogP contribution in [0, 0.1) is 0 Å². The molecule has 0 aliphatic heterocycles. The Morgan fingerprint density at radius 3 is 1.29 bits per heavy atom. The Bertz CT molecular complexity index is 1060. The van der Waals surface area contributed by atoms with E-state index in [2.05, 4.69) is 0 Å². The van der Waals surface area contributed by atoms with E-state index in [1.54, 1.807) is 6.07 Å². The van der Waals surface area contributed by atoms with Crippen molar-refractivity contribution in [3.8, 4) is 34.5 Å². The summed E-state index contributed by atoms with van der Waals surface area (Å²) in [6, 6.07) is 31.9. The van der Waals surface area contributed by atoms with Gasteiger partial charge in [0.05, 0.1) is 0 Å². The number of benzene rings is 4. The minimum absolute atomic E-state index is 0.653. The van der Waals surface area contributed by atoms with Gasteiger partial charge in [0, 0.05) is 23.9 Å². The van der Waals surface area contributed by atoms with Gasteiger partial charge in [-0.3, -0.25) is 0 Å². The van der Waals surface area contributed by atoms with Crippen molar-refractivity contribution in [2.75, 3.05) is 5.73 Å². The molecular formula is C24H19NO3. The fourth-order valence-corrected chi connectivity index (χ4v) is 2.68. The van der Waals surface area contributed by atoms with Gasteiger partial charge >= 0.3 is 0 Å². The van der Waals surface area contributed by atoms with Crippen LogP contribution in [-0.4, -0.2) is 0 Å². The summed E-state index contributed by atoms with van der Waals surface area (Å²) in [6.45, 7) is 0. The molecule has 0 atom stereocenters. The Balaban J connectivity index is 1.48. The number of ether oxygens (including phenoxy) is 3. The van der Waals surface area contributed by atoms with Crippen molar-refractivity contribution in [2.45, 2.75) is 0 Å². The molecule has 0 heterocycles. The average Bonchev–Trinajstić information content (AvgIpc) is 2.69. The summed E-state index contributed by atoms with van der Waals surface area (Å²) in [7, 11) is 0. The zero-order valence-electron chi connectivity index (χ0n) is 15.1. The number of nitrogens with two attached hydrogens (primary N) is 1. The van der Waals surface area contributed by atoms with E-state index in [4.69, 9.17) is 19.9 Å². The molecule has 0 fully saturated rings. The van der Waals surface area contributed by atoms with Crippen molar-refractivity contribution in [2.24, 2.45) is 0 Å². The lowest BCUT2D eigenvalue weighted by atomic mass is 10.3. The van der Waals surface area contributed by atoms with Crippen molar-refractivity contribution in [3.63, 3.8) is 0 Å². The lowest BCUT2D eigenvalue weighted by Gasteiger charge is -2.11. The number of rotatable bonds is 6. The van der Waals surface area contributed by atoms with Crippen molar-refractivity contribution in [1.82, 2.24) is 0 Å². The summed E-state index contributed by atoms with van der Waals surface area (Å²) in [5, 5.41) is 0. The summed E-state index contributed by atoms with van der Waals surface area (Å²) in [5.74, 6) is 4.16. The Morgan fingerprint density at radius 2 is 0.786 bits per heavy atom. The van der Waals surface area contributed by atoms with E-state index in [0.717, 1.165) is 5.75 Å². The molecule has 28 heavy (non-hydrogen) atoms. The second kappa shape index (κ2) is 8.18. The molecule has 4 rings (SSSR count). The molecule has 0 amide bonds. The minimum Gasteiger partial charge on any atom is -0.457 e. The Labute approximate surface area is 163 Å². The van der Waals surface area contributed by atoms with E-state index >= 15 is 0 Å². The lowest BCUT2D eigenvalue weighted by Crippen LogP contribution is -1.89. The van der Waals surface area contributed by atoms with Crippen LogP contribution in [0.3, 0.4) is 0 Å². The first-order chi connectivity index (χ1) is 13.7. The standard InChI is InChI=1S/C24H19NO3/c25-18-7-4-10-20(15-18)27-22-12-6-14-24(17-22)28-23-13-5-11-21(16-23)26-19-8-2-1-3-9-19/h1-17H,25H2. The van der Waals surface area contributed by atoms with Gasteiger partial charge in [0.15, 0.2) is 0 Å². The van der Waals surface area contributed by atoms with Crippen LogP contribution in [0.25, 0.3) is 0 Å². The molecule has 0 radical (unpaired) electrons. The van der Waals surface area contributed by atoms with Crippen molar-refractivity contribution in [1.29, 1.82) is 0 Å². The Kier molecular flexibility index (Phi) is 5.11.